The van der Waals surface area contributed by atoms with E-state index in [4.69, 9.17) is 17.3 Å². The number of rotatable bonds is 5. The first-order valence-corrected chi connectivity index (χ1v) is 9.02. The summed E-state index contributed by atoms with van der Waals surface area (Å²) in [6.07, 6.45) is 6.11. The lowest BCUT2D eigenvalue weighted by Crippen LogP contribution is -2.33. The molecule has 0 atom stereocenters. The summed E-state index contributed by atoms with van der Waals surface area (Å²) in [5.74, 6) is -1.43. The fraction of sp³-hybridized carbons (Fsp3) is 0.125. The third-order valence-electron chi connectivity index (χ3n) is 3.22. The van der Waals surface area contributed by atoms with Gasteiger partial charge < -0.3 is 5.11 Å². The summed E-state index contributed by atoms with van der Waals surface area (Å²) in [5, 5.41) is 8.84. The Hall–Kier alpha value is -2.03. The normalized spacial score (nSPS) is 16.2. The van der Waals surface area contributed by atoms with Gasteiger partial charge in [-0.1, -0.05) is 30.0 Å². The van der Waals surface area contributed by atoms with Gasteiger partial charge in [-0.25, -0.2) is 0 Å². The third-order valence-corrected chi connectivity index (χ3v) is 5.63. The number of thiocarbonyl (C=S) groups is 1. The van der Waals surface area contributed by atoms with E-state index in [2.05, 4.69) is 4.98 Å². The highest BCUT2D eigenvalue weighted by Gasteiger charge is 2.33. The molecule has 1 amide bonds. The first-order valence-electron chi connectivity index (χ1n) is 6.98. The number of thioether (sulfide) groups is 1. The zero-order valence-corrected chi connectivity index (χ0v) is 14.8. The fourth-order valence-corrected chi connectivity index (χ4v) is 4.48. The lowest BCUT2D eigenvalue weighted by Gasteiger charge is -2.09. The number of carboxylic acids is 1. The number of carbonyl (C=O) groups is 2. The molecule has 1 saturated heterocycles. The van der Waals surface area contributed by atoms with E-state index in [-0.39, 0.29) is 10.2 Å². The fourth-order valence-electron chi connectivity index (χ4n) is 2.17. The molecule has 3 rings (SSSR count). The Bertz CT molecular complexity index is 830. The largest absolute Gasteiger partial charge is 0.480 e. The number of carbonyl (C=O) groups excluding carboxylic acids is 1. The van der Waals surface area contributed by atoms with Crippen molar-refractivity contribution >= 4 is 57.6 Å². The van der Waals surface area contributed by atoms with Crippen LogP contribution in [-0.2, 0) is 16.0 Å². The molecule has 1 aliphatic heterocycles. The molecule has 1 fully saturated rings. The molecule has 3 heterocycles. The van der Waals surface area contributed by atoms with Crippen molar-refractivity contribution in [3.8, 4) is 0 Å². The summed E-state index contributed by atoms with van der Waals surface area (Å²) < 4.78 is 0.279. The number of nitrogens with zero attached hydrogens (tertiary/aromatic N) is 2. The molecular formula is C16H12N2O3S3. The monoisotopic (exact) mass is 376 g/mol. The van der Waals surface area contributed by atoms with Crippen LogP contribution in [0.2, 0.25) is 0 Å². The van der Waals surface area contributed by atoms with Crippen LogP contribution >= 0.6 is 35.3 Å². The molecule has 0 aliphatic carbocycles. The smallest absolute Gasteiger partial charge is 0.323 e. The molecule has 0 unspecified atom stereocenters. The Labute approximate surface area is 152 Å². The van der Waals surface area contributed by atoms with Gasteiger partial charge in [0.1, 0.15) is 10.9 Å². The zero-order valence-electron chi connectivity index (χ0n) is 12.3. The minimum atomic E-state index is -1.08. The van der Waals surface area contributed by atoms with E-state index in [1.165, 1.54) is 0 Å². The van der Waals surface area contributed by atoms with Gasteiger partial charge in [0.05, 0.1) is 4.91 Å². The maximum absolute atomic E-state index is 12.2. The molecule has 0 spiro atoms. The van der Waals surface area contributed by atoms with Crippen LogP contribution in [-0.4, -0.2) is 37.7 Å². The number of aliphatic carboxylic acids is 1. The molecule has 1 aliphatic rings. The van der Waals surface area contributed by atoms with Gasteiger partial charge in [0, 0.05) is 28.6 Å². The Kier molecular flexibility index (Phi) is 5.08. The Morgan fingerprint density at radius 2 is 2.21 bits per heavy atom. The van der Waals surface area contributed by atoms with Gasteiger partial charge in [0.25, 0.3) is 5.91 Å². The van der Waals surface area contributed by atoms with Gasteiger partial charge in [-0.2, -0.15) is 0 Å². The third kappa shape index (κ3) is 3.89. The van der Waals surface area contributed by atoms with Crippen molar-refractivity contribution in [2.24, 2.45) is 0 Å². The summed E-state index contributed by atoms with van der Waals surface area (Å²) in [6.45, 7) is -0.404. The second kappa shape index (κ2) is 7.25. The standard InChI is InChI=1S/C16H12N2O3S3/c19-14(20)9-18-15(21)13(24-16(18)22)7-12-4-3-11(23-12)6-10-2-1-5-17-8-10/h1-5,7-8H,6,9H2,(H,19,20). The van der Waals surface area contributed by atoms with E-state index in [9.17, 15) is 9.59 Å². The van der Waals surface area contributed by atoms with Crippen molar-refractivity contribution in [2.45, 2.75) is 6.42 Å². The van der Waals surface area contributed by atoms with E-state index in [1.807, 2.05) is 30.5 Å². The van der Waals surface area contributed by atoms with Crippen LogP contribution < -0.4 is 0 Å². The van der Waals surface area contributed by atoms with Gasteiger partial charge >= 0.3 is 5.97 Å². The Balaban J connectivity index is 1.74. The molecule has 0 aromatic carbocycles. The first-order chi connectivity index (χ1) is 11.5. The number of hydrogen-bond donors (Lipinski definition) is 1. The number of aromatic nitrogens is 1. The lowest BCUT2D eigenvalue weighted by atomic mass is 10.2. The maximum atomic E-state index is 12.2. The minimum absolute atomic E-state index is 0.279. The molecule has 5 nitrogen and oxygen atoms in total. The summed E-state index contributed by atoms with van der Waals surface area (Å²) in [7, 11) is 0. The highest BCUT2D eigenvalue weighted by Crippen LogP contribution is 2.33. The van der Waals surface area contributed by atoms with Crippen LogP contribution in [0.3, 0.4) is 0 Å². The molecule has 0 radical (unpaired) electrons. The van der Waals surface area contributed by atoms with Crippen LogP contribution in [0.25, 0.3) is 6.08 Å². The van der Waals surface area contributed by atoms with Crippen molar-refractivity contribution in [3.63, 3.8) is 0 Å². The van der Waals surface area contributed by atoms with Gasteiger partial charge in [-0.3, -0.25) is 19.5 Å². The highest BCUT2D eigenvalue weighted by atomic mass is 32.2. The quantitative estimate of drug-likeness (QED) is 0.639. The molecule has 24 heavy (non-hydrogen) atoms. The Morgan fingerprint density at radius 3 is 2.92 bits per heavy atom. The zero-order chi connectivity index (χ0) is 17.1. The summed E-state index contributed by atoms with van der Waals surface area (Å²) in [4.78, 5) is 30.8. The van der Waals surface area contributed by atoms with Gasteiger partial charge in [0.15, 0.2) is 0 Å². The van der Waals surface area contributed by atoms with E-state index in [1.54, 1.807) is 23.6 Å². The summed E-state index contributed by atoms with van der Waals surface area (Å²) in [6, 6.07) is 7.88. The number of amides is 1. The van der Waals surface area contributed by atoms with Gasteiger partial charge in [-0.15, -0.1) is 11.3 Å². The Morgan fingerprint density at radius 1 is 1.38 bits per heavy atom. The van der Waals surface area contributed by atoms with E-state index in [0.717, 1.165) is 38.4 Å². The van der Waals surface area contributed by atoms with Crippen LogP contribution in [0.5, 0.6) is 0 Å². The summed E-state index contributed by atoms with van der Waals surface area (Å²) in [5.41, 5.74) is 1.12. The van der Waals surface area contributed by atoms with Crippen molar-refractivity contribution in [1.29, 1.82) is 0 Å². The number of thiophene rings is 1. The van der Waals surface area contributed by atoms with Crippen molar-refractivity contribution in [2.75, 3.05) is 6.54 Å². The number of pyridine rings is 1. The van der Waals surface area contributed by atoms with Crippen molar-refractivity contribution in [1.82, 2.24) is 9.88 Å². The first kappa shape index (κ1) is 16.8. The van der Waals surface area contributed by atoms with Gasteiger partial charge in [-0.05, 0) is 29.8 Å². The molecule has 1 N–H and O–H groups in total. The highest BCUT2D eigenvalue weighted by molar-refractivity contribution is 8.26. The van der Waals surface area contributed by atoms with Crippen molar-refractivity contribution in [3.05, 3.63) is 56.9 Å². The minimum Gasteiger partial charge on any atom is -0.480 e. The second-order valence-electron chi connectivity index (χ2n) is 5.00. The molecule has 0 bridgehead atoms. The molecule has 2 aromatic heterocycles. The van der Waals surface area contributed by atoms with Crippen LogP contribution in [0.15, 0.2) is 41.6 Å². The van der Waals surface area contributed by atoms with Crippen LogP contribution in [0.4, 0.5) is 0 Å². The topological polar surface area (TPSA) is 70.5 Å². The molecule has 8 heteroatoms. The maximum Gasteiger partial charge on any atom is 0.323 e. The van der Waals surface area contributed by atoms with Crippen molar-refractivity contribution < 1.29 is 14.7 Å². The molecular weight excluding hydrogens is 364 g/mol. The lowest BCUT2D eigenvalue weighted by molar-refractivity contribution is -0.140. The van der Waals surface area contributed by atoms with E-state index in [0.29, 0.717) is 4.91 Å². The second-order valence-corrected chi connectivity index (χ2v) is 7.88. The number of carboxylic acid groups (broad SMARTS) is 1. The number of hydrogen-bond acceptors (Lipinski definition) is 6. The molecule has 122 valence electrons. The predicted molar refractivity (Wildman–Crippen MR) is 98.9 cm³/mol. The SMILES string of the molecule is O=C(O)CN1C(=O)C(=Cc2ccc(Cc3cccnc3)s2)SC1=S. The van der Waals surface area contributed by atoms with E-state index < -0.39 is 12.5 Å². The van der Waals surface area contributed by atoms with Crippen LogP contribution in [0.1, 0.15) is 15.3 Å². The van der Waals surface area contributed by atoms with Crippen LogP contribution in [0, 0.1) is 0 Å². The predicted octanol–water partition coefficient (Wildman–Crippen LogP) is 3.02. The van der Waals surface area contributed by atoms with E-state index >= 15 is 0 Å². The van der Waals surface area contributed by atoms with Gasteiger partial charge in [0.2, 0.25) is 0 Å². The molecule has 0 saturated carbocycles. The summed E-state index contributed by atoms with van der Waals surface area (Å²) >= 11 is 7.80. The average Bonchev–Trinajstić information content (AvgIpc) is 3.08. The molecule has 2 aromatic rings. The average molecular weight is 376 g/mol.